The first-order chi connectivity index (χ1) is 6.66. The molecule has 0 aromatic carbocycles. The van der Waals surface area contributed by atoms with Crippen LogP contribution in [0.3, 0.4) is 0 Å². The summed E-state index contributed by atoms with van der Waals surface area (Å²) >= 11 is 0. The van der Waals surface area contributed by atoms with Crippen molar-refractivity contribution in [3.8, 4) is 0 Å². The van der Waals surface area contributed by atoms with Crippen LogP contribution >= 0.6 is 0 Å². The van der Waals surface area contributed by atoms with Gasteiger partial charge in [-0.3, -0.25) is 0 Å². The Balaban J connectivity index is -0.0000000293. The molecule has 0 aromatic rings. The average molecular weight is 255 g/mol. The minimum atomic E-state index is 0. The van der Waals surface area contributed by atoms with Gasteiger partial charge in [-0.15, -0.1) is 13.2 Å². The molecule has 0 spiro atoms. The van der Waals surface area contributed by atoms with Crippen LogP contribution in [0.1, 0.15) is 20.3 Å². The number of rotatable bonds is 2. The molecule has 0 unspecified atom stereocenters. The van der Waals surface area contributed by atoms with E-state index in [1.54, 1.807) is 21.0 Å². The second-order valence-electron chi connectivity index (χ2n) is 1.71. The Hall–Kier alpha value is 0.554. The fourth-order valence-electron chi connectivity index (χ4n) is 0. The van der Waals surface area contributed by atoms with Crippen LogP contribution in [0.25, 0.3) is 0 Å². The summed E-state index contributed by atoms with van der Waals surface area (Å²) in [6, 6.07) is 0. The van der Waals surface area contributed by atoms with Gasteiger partial charge in [0.2, 0.25) is 0 Å². The fourth-order valence-corrected chi connectivity index (χ4v) is 0. The molecule has 0 rings (SSSR count). The van der Waals surface area contributed by atoms with Gasteiger partial charge in [0.15, 0.2) is 0 Å². The van der Waals surface area contributed by atoms with Crippen molar-refractivity contribution in [3.05, 3.63) is 13.8 Å². The van der Waals surface area contributed by atoms with Crippen molar-refractivity contribution >= 4 is 0 Å². The van der Waals surface area contributed by atoms with Crippen molar-refractivity contribution in [3.63, 3.8) is 0 Å². The van der Waals surface area contributed by atoms with Crippen molar-refractivity contribution in [2.24, 2.45) is 5.73 Å². The summed E-state index contributed by atoms with van der Waals surface area (Å²) in [5, 5.41) is 17.9. The van der Waals surface area contributed by atoms with E-state index < -0.39 is 0 Å². The van der Waals surface area contributed by atoms with Crippen LogP contribution in [0.2, 0.25) is 0 Å². The van der Waals surface area contributed by atoms with E-state index in [-0.39, 0.29) is 34.9 Å². The number of hydrogen-bond acceptors (Lipinski definition) is 4. The number of ether oxygens (including phenoxy) is 1. The van der Waals surface area contributed by atoms with Gasteiger partial charge in [-0.05, 0) is 6.54 Å². The van der Waals surface area contributed by atoms with Crippen molar-refractivity contribution < 1.29 is 36.7 Å². The van der Waals surface area contributed by atoms with E-state index in [1.807, 2.05) is 0 Å². The third-order valence-corrected chi connectivity index (χ3v) is 0.408. The van der Waals surface area contributed by atoms with Crippen molar-refractivity contribution in [1.29, 1.82) is 0 Å². The number of hydrogen-bond donors (Lipinski definition) is 1. The first-order valence-corrected chi connectivity index (χ1v) is 4.60. The Bertz CT molecular complexity index is 41.6. The largest absolute Gasteiger partial charge is 4.00 e. The summed E-state index contributed by atoms with van der Waals surface area (Å²) in [5.41, 5.74) is 4.97. The van der Waals surface area contributed by atoms with Gasteiger partial charge in [-0.25, -0.2) is 0 Å². The molecule has 5 heteroatoms. The van der Waals surface area contributed by atoms with Gasteiger partial charge in [0.05, 0.1) is 0 Å². The van der Waals surface area contributed by atoms with E-state index in [2.05, 4.69) is 18.6 Å². The fraction of sp³-hybridized carbons (Fsp3) is 0.800. The molecule has 0 aliphatic carbocycles. The summed E-state index contributed by atoms with van der Waals surface area (Å²) in [6.07, 6.45) is 0.847. The normalized spacial score (nSPS) is 6.40. The molecule has 0 radical (unpaired) electrons. The van der Waals surface area contributed by atoms with Crippen molar-refractivity contribution in [1.82, 2.24) is 0 Å². The summed E-state index contributed by atoms with van der Waals surface area (Å²) < 4.78 is 4.43. The van der Waals surface area contributed by atoms with E-state index in [4.69, 9.17) is 15.9 Å². The first kappa shape index (κ1) is 29.6. The topological polar surface area (TPSA) is 81.4 Å². The molecule has 0 bridgehead atoms. The molecule has 0 saturated carbocycles. The van der Waals surface area contributed by atoms with Crippen LogP contribution in [0, 0.1) is 13.8 Å². The molecule has 0 fully saturated rings. The van der Waals surface area contributed by atoms with Crippen LogP contribution in [0.5, 0.6) is 0 Å². The molecule has 2 N–H and O–H groups in total. The molecule has 15 heavy (non-hydrogen) atoms. The maximum absolute atomic E-state index is 8.93. The second-order valence-corrected chi connectivity index (χ2v) is 1.71. The Morgan fingerprint density at radius 1 is 1.13 bits per heavy atom. The van der Waals surface area contributed by atoms with Gasteiger partial charge in [-0.2, -0.15) is 6.42 Å². The van der Waals surface area contributed by atoms with Crippen LogP contribution in [0.15, 0.2) is 0 Å². The zero-order valence-electron chi connectivity index (χ0n) is 10.3. The number of nitrogens with two attached hydrogens (primary N) is 1. The van der Waals surface area contributed by atoms with Crippen molar-refractivity contribution in [2.75, 3.05) is 33.5 Å². The maximum atomic E-state index is 8.93. The molecule has 0 aliphatic rings. The standard InChI is InChI=1S/C3H8N.C3H7O.2C2H5O.Ti/c1-2-3-4;1-3-4-2;2*1-2-3;/h1-4H2;1,3H2,2H3;2*2H2,1H3;/q4*-1;+4. The quantitative estimate of drug-likeness (QED) is 0.526. The Morgan fingerprint density at radius 2 is 1.27 bits per heavy atom. The molecule has 0 aliphatic heterocycles. The van der Waals surface area contributed by atoms with Crippen LogP contribution in [-0.2, 0) is 26.5 Å². The molecule has 4 nitrogen and oxygen atoms in total. The summed E-state index contributed by atoms with van der Waals surface area (Å²) in [7, 11) is 1.62. The van der Waals surface area contributed by atoms with E-state index in [0.717, 1.165) is 6.42 Å². The van der Waals surface area contributed by atoms with E-state index >= 15 is 0 Å². The Labute approximate surface area is 110 Å². The molecule has 92 valence electrons. The molecule has 0 heterocycles. The zero-order valence-corrected chi connectivity index (χ0v) is 11.8. The summed E-state index contributed by atoms with van der Waals surface area (Å²) in [4.78, 5) is 0. The third kappa shape index (κ3) is 352. The average Bonchev–Trinajstić information content (AvgIpc) is 2.20. The van der Waals surface area contributed by atoms with Gasteiger partial charge in [0.25, 0.3) is 0 Å². The molecule has 0 atom stereocenters. The predicted molar refractivity (Wildman–Crippen MR) is 57.3 cm³/mol. The molecule has 0 aromatic heterocycles. The van der Waals surface area contributed by atoms with Gasteiger partial charge >= 0.3 is 21.7 Å². The Morgan fingerprint density at radius 3 is 1.27 bits per heavy atom. The van der Waals surface area contributed by atoms with E-state index in [1.165, 1.54) is 0 Å². The minimum Gasteiger partial charge on any atom is -0.855 e. The monoisotopic (exact) mass is 255 g/mol. The van der Waals surface area contributed by atoms with E-state index in [9.17, 15) is 0 Å². The van der Waals surface area contributed by atoms with Gasteiger partial charge in [-0.1, -0.05) is 20.5 Å². The second kappa shape index (κ2) is 62.2. The smallest absolute Gasteiger partial charge is 0.855 e. The zero-order chi connectivity index (χ0) is 12.2. The van der Waals surface area contributed by atoms with Gasteiger partial charge in [0.1, 0.15) is 0 Å². The summed E-state index contributed by atoms with van der Waals surface area (Å²) in [5.74, 6) is 0. The van der Waals surface area contributed by atoms with Gasteiger partial charge in [0, 0.05) is 7.11 Å². The molecule has 0 amide bonds. The van der Waals surface area contributed by atoms with Crippen LogP contribution in [0.4, 0.5) is 0 Å². The van der Waals surface area contributed by atoms with Crippen LogP contribution in [-0.4, -0.2) is 33.5 Å². The summed E-state index contributed by atoms with van der Waals surface area (Å²) in [6.45, 7) is 11.3. The van der Waals surface area contributed by atoms with E-state index in [0.29, 0.717) is 13.2 Å². The third-order valence-electron chi connectivity index (χ3n) is 0.408. The number of methoxy groups -OCH3 is 1. The molecular formula is C10H25NO3Ti. The predicted octanol–water partition coefficient (Wildman–Crippen LogP) is -0.633. The minimum absolute atomic E-state index is 0. The molecular weight excluding hydrogens is 230 g/mol. The molecule has 0 saturated heterocycles. The first-order valence-electron chi connectivity index (χ1n) is 4.60. The van der Waals surface area contributed by atoms with Crippen molar-refractivity contribution in [2.45, 2.75) is 20.3 Å². The van der Waals surface area contributed by atoms with Gasteiger partial charge < -0.3 is 34.5 Å². The SMILES string of the molecule is CC[O-].CC[O-].[CH2-]CCN.[CH2-]COC.[Ti+4]. The maximum Gasteiger partial charge on any atom is 4.00 e. The van der Waals surface area contributed by atoms with Crippen LogP contribution < -0.4 is 15.9 Å². The Kier molecular flexibility index (Phi) is 123.